The lowest BCUT2D eigenvalue weighted by Gasteiger charge is -2.04. The highest BCUT2D eigenvalue weighted by Crippen LogP contribution is 2.28. The highest BCUT2D eigenvalue weighted by molar-refractivity contribution is 7.19. The van der Waals surface area contributed by atoms with Crippen molar-refractivity contribution in [2.75, 3.05) is 6.54 Å². The number of hydrogen-bond acceptors (Lipinski definition) is 2. The van der Waals surface area contributed by atoms with E-state index in [4.69, 9.17) is 0 Å². The molecular weight excluding hydrogens is 232 g/mol. The molecule has 0 saturated carbocycles. The Morgan fingerprint density at radius 1 is 1.41 bits per heavy atom. The van der Waals surface area contributed by atoms with Crippen LogP contribution < -0.4 is 5.32 Å². The van der Waals surface area contributed by atoms with Gasteiger partial charge in [-0.05, 0) is 25.0 Å². The quantitative estimate of drug-likeness (QED) is 0.889. The molecule has 0 atom stereocenters. The molecule has 4 heteroatoms. The molecular formula is C13H18N2OS. The Kier molecular flexibility index (Phi) is 3.52. The molecule has 0 aromatic carbocycles. The first-order chi connectivity index (χ1) is 8.17. The SMILES string of the molecule is CCCNC(=O)c1cc2sc(CC)cc2n1C. The van der Waals surface area contributed by atoms with Gasteiger partial charge in [0.1, 0.15) is 5.69 Å². The maximum atomic E-state index is 11.9. The summed E-state index contributed by atoms with van der Waals surface area (Å²) in [6.45, 7) is 4.94. The summed E-state index contributed by atoms with van der Waals surface area (Å²) in [5.41, 5.74) is 1.91. The van der Waals surface area contributed by atoms with Crippen LogP contribution in [0.1, 0.15) is 35.6 Å². The van der Waals surface area contributed by atoms with Gasteiger partial charge in [0.25, 0.3) is 5.91 Å². The van der Waals surface area contributed by atoms with Crippen molar-refractivity contribution in [2.45, 2.75) is 26.7 Å². The Morgan fingerprint density at radius 3 is 2.76 bits per heavy atom. The molecule has 1 amide bonds. The topological polar surface area (TPSA) is 34.0 Å². The molecule has 2 heterocycles. The van der Waals surface area contributed by atoms with E-state index in [-0.39, 0.29) is 5.91 Å². The molecule has 3 nitrogen and oxygen atoms in total. The standard InChI is InChI=1S/C13H18N2OS/c1-4-6-14-13(16)11-8-12-10(15(11)3)7-9(5-2)17-12/h7-8H,4-6H2,1-3H3,(H,14,16). The van der Waals surface area contributed by atoms with Crippen LogP contribution in [0.5, 0.6) is 0 Å². The number of hydrogen-bond donors (Lipinski definition) is 1. The number of aryl methyl sites for hydroxylation is 2. The second-order valence-electron chi connectivity index (χ2n) is 4.16. The lowest BCUT2D eigenvalue weighted by atomic mass is 10.3. The van der Waals surface area contributed by atoms with E-state index in [1.54, 1.807) is 11.3 Å². The van der Waals surface area contributed by atoms with Crippen LogP contribution in [0.2, 0.25) is 0 Å². The van der Waals surface area contributed by atoms with Gasteiger partial charge >= 0.3 is 0 Å². The highest BCUT2D eigenvalue weighted by atomic mass is 32.1. The van der Waals surface area contributed by atoms with Gasteiger partial charge in [-0.3, -0.25) is 4.79 Å². The number of amides is 1. The molecule has 0 unspecified atom stereocenters. The normalized spacial score (nSPS) is 11.0. The van der Waals surface area contributed by atoms with Gasteiger partial charge in [0.2, 0.25) is 0 Å². The van der Waals surface area contributed by atoms with E-state index >= 15 is 0 Å². The Labute approximate surface area is 105 Å². The van der Waals surface area contributed by atoms with Gasteiger partial charge in [-0.1, -0.05) is 13.8 Å². The molecule has 0 aliphatic carbocycles. The second-order valence-corrected chi connectivity index (χ2v) is 5.33. The molecule has 2 aromatic rings. The molecule has 0 aliphatic heterocycles. The number of carbonyl (C=O) groups is 1. The third-order valence-corrected chi connectivity index (χ3v) is 4.11. The maximum absolute atomic E-state index is 11.9. The van der Waals surface area contributed by atoms with Crippen LogP contribution in [0.3, 0.4) is 0 Å². The first-order valence-electron chi connectivity index (χ1n) is 6.03. The number of carbonyl (C=O) groups excluding carboxylic acids is 1. The van der Waals surface area contributed by atoms with Gasteiger partial charge in [-0.25, -0.2) is 0 Å². The van der Waals surface area contributed by atoms with E-state index in [2.05, 4.69) is 25.2 Å². The maximum Gasteiger partial charge on any atom is 0.267 e. The van der Waals surface area contributed by atoms with Crippen LogP contribution >= 0.6 is 11.3 Å². The van der Waals surface area contributed by atoms with Crippen LogP contribution in [0.25, 0.3) is 10.2 Å². The van der Waals surface area contributed by atoms with Gasteiger partial charge in [0.05, 0.1) is 10.2 Å². The largest absolute Gasteiger partial charge is 0.351 e. The molecule has 0 saturated heterocycles. The molecule has 92 valence electrons. The minimum absolute atomic E-state index is 0.0239. The molecule has 0 radical (unpaired) electrons. The molecule has 0 bridgehead atoms. The molecule has 0 fully saturated rings. The first-order valence-corrected chi connectivity index (χ1v) is 6.85. The van der Waals surface area contributed by atoms with Crippen LogP contribution in [0.4, 0.5) is 0 Å². The minimum atomic E-state index is 0.0239. The predicted molar refractivity (Wildman–Crippen MR) is 72.8 cm³/mol. The van der Waals surface area contributed by atoms with Crippen molar-refractivity contribution >= 4 is 27.5 Å². The van der Waals surface area contributed by atoms with Crippen LogP contribution in [-0.4, -0.2) is 17.0 Å². The summed E-state index contributed by atoms with van der Waals surface area (Å²) in [6.07, 6.45) is 2.02. The Balaban J connectivity index is 2.33. The number of fused-ring (bicyclic) bond motifs is 1. The summed E-state index contributed by atoms with van der Waals surface area (Å²) < 4.78 is 3.18. The number of rotatable bonds is 4. The van der Waals surface area contributed by atoms with Crippen molar-refractivity contribution in [3.8, 4) is 0 Å². The summed E-state index contributed by atoms with van der Waals surface area (Å²) in [7, 11) is 1.95. The smallest absolute Gasteiger partial charge is 0.267 e. The Morgan fingerprint density at radius 2 is 2.18 bits per heavy atom. The molecule has 2 rings (SSSR count). The number of nitrogens with one attached hydrogen (secondary N) is 1. The van der Waals surface area contributed by atoms with E-state index < -0.39 is 0 Å². The molecule has 2 aromatic heterocycles. The van der Waals surface area contributed by atoms with Gasteiger partial charge in [-0.15, -0.1) is 11.3 Å². The zero-order chi connectivity index (χ0) is 12.4. The fourth-order valence-electron chi connectivity index (χ4n) is 1.88. The molecule has 0 aliphatic rings. The fourth-order valence-corrected chi connectivity index (χ4v) is 2.95. The number of aromatic nitrogens is 1. The van der Waals surface area contributed by atoms with Crippen molar-refractivity contribution < 1.29 is 4.79 Å². The van der Waals surface area contributed by atoms with E-state index in [9.17, 15) is 4.79 Å². The van der Waals surface area contributed by atoms with Crippen LogP contribution in [0.15, 0.2) is 12.1 Å². The number of thiophene rings is 1. The van der Waals surface area contributed by atoms with Crippen molar-refractivity contribution in [3.05, 3.63) is 22.7 Å². The Bertz CT molecular complexity index is 539. The van der Waals surface area contributed by atoms with Crippen molar-refractivity contribution in [1.29, 1.82) is 0 Å². The van der Waals surface area contributed by atoms with E-state index in [0.29, 0.717) is 0 Å². The van der Waals surface area contributed by atoms with Gasteiger partial charge in [0, 0.05) is 18.5 Å². The zero-order valence-corrected chi connectivity index (χ0v) is 11.4. The third kappa shape index (κ3) is 2.22. The Hall–Kier alpha value is -1.29. The highest BCUT2D eigenvalue weighted by Gasteiger charge is 2.14. The lowest BCUT2D eigenvalue weighted by Crippen LogP contribution is -2.25. The third-order valence-electron chi connectivity index (χ3n) is 2.90. The lowest BCUT2D eigenvalue weighted by molar-refractivity contribution is 0.0946. The molecule has 17 heavy (non-hydrogen) atoms. The summed E-state index contributed by atoms with van der Waals surface area (Å²) in [6, 6.07) is 4.17. The summed E-state index contributed by atoms with van der Waals surface area (Å²) in [4.78, 5) is 13.3. The average Bonchev–Trinajstić information content (AvgIpc) is 2.86. The van der Waals surface area contributed by atoms with Gasteiger partial charge in [0.15, 0.2) is 0 Å². The van der Waals surface area contributed by atoms with Crippen LogP contribution in [0, 0.1) is 0 Å². The predicted octanol–water partition coefficient (Wildman–Crippen LogP) is 2.94. The monoisotopic (exact) mass is 250 g/mol. The second kappa shape index (κ2) is 4.92. The van der Waals surface area contributed by atoms with Crippen molar-refractivity contribution in [3.63, 3.8) is 0 Å². The van der Waals surface area contributed by atoms with Crippen LogP contribution in [-0.2, 0) is 13.5 Å². The van der Waals surface area contributed by atoms with Crippen molar-refractivity contribution in [2.24, 2.45) is 7.05 Å². The zero-order valence-electron chi connectivity index (χ0n) is 10.5. The molecule has 0 spiro atoms. The van der Waals surface area contributed by atoms with Gasteiger partial charge in [-0.2, -0.15) is 0 Å². The fraction of sp³-hybridized carbons (Fsp3) is 0.462. The van der Waals surface area contributed by atoms with E-state index in [0.717, 1.165) is 30.6 Å². The number of nitrogens with zero attached hydrogens (tertiary/aromatic N) is 1. The summed E-state index contributed by atoms with van der Waals surface area (Å²) in [5, 5.41) is 2.91. The van der Waals surface area contributed by atoms with Gasteiger partial charge < -0.3 is 9.88 Å². The van der Waals surface area contributed by atoms with Crippen molar-refractivity contribution in [1.82, 2.24) is 9.88 Å². The molecule has 1 N–H and O–H groups in total. The first kappa shape index (κ1) is 12.2. The summed E-state index contributed by atoms with van der Waals surface area (Å²) >= 11 is 1.77. The van der Waals surface area contributed by atoms with E-state index in [1.807, 2.05) is 17.7 Å². The minimum Gasteiger partial charge on any atom is -0.351 e. The summed E-state index contributed by atoms with van der Waals surface area (Å²) in [5.74, 6) is 0.0239. The van der Waals surface area contributed by atoms with E-state index in [1.165, 1.54) is 9.58 Å². The average molecular weight is 250 g/mol.